The standard InChI is InChI=1S/C16H23FN2O/c1-11(2)19-16(5,10-18)9-13(4)20-14-7-6-12(3)15(17)8-14/h6-8,11,13,19H,9H2,1-5H3. The molecule has 20 heavy (non-hydrogen) atoms. The Bertz CT molecular complexity index is 496. The monoisotopic (exact) mass is 278 g/mol. The number of nitriles is 1. The lowest BCUT2D eigenvalue weighted by Gasteiger charge is -2.29. The van der Waals surface area contributed by atoms with E-state index in [1.54, 1.807) is 19.1 Å². The summed E-state index contributed by atoms with van der Waals surface area (Å²) in [6.45, 7) is 9.44. The molecule has 0 saturated heterocycles. The van der Waals surface area contributed by atoms with Crippen LogP contribution in [-0.4, -0.2) is 17.7 Å². The third-order valence-electron chi connectivity index (χ3n) is 3.03. The highest BCUT2D eigenvalue weighted by Gasteiger charge is 2.27. The lowest BCUT2D eigenvalue weighted by atomic mass is 9.95. The lowest BCUT2D eigenvalue weighted by molar-refractivity contribution is 0.175. The van der Waals surface area contributed by atoms with Gasteiger partial charge in [-0.15, -0.1) is 0 Å². The van der Waals surface area contributed by atoms with E-state index in [1.807, 2.05) is 27.7 Å². The van der Waals surface area contributed by atoms with E-state index in [-0.39, 0.29) is 18.0 Å². The van der Waals surface area contributed by atoms with Crippen LogP contribution in [0.15, 0.2) is 18.2 Å². The summed E-state index contributed by atoms with van der Waals surface area (Å²) in [7, 11) is 0. The van der Waals surface area contributed by atoms with Crippen molar-refractivity contribution in [3.63, 3.8) is 0 Å². The topological polar surface area (TPSA) is 45.0 Å². The first-order valence-electron chi connectivity index (χ1n) is 6.87. The first-order chi connectivity index (χ1) is 9.25. The van der Waals surface area contributed by atoms with Crippen molar-refractivity contribution < 1.29 is 9.13 Å². The Morgan fingerprint density at radius 2 is 2.05 bits per heavy atom. The van der Waals surface area contributed by atoms with Crippen LogP contribution in [0.5, 0.6) is 5.75 Å². The predicted octanol–water partition coefficient (Wildman–Crippen LogP) is 3.57. The van der Waals surface area contributed by atoms with E-state index in [4.69, 9.17) is 4.74 Å². The van der Waals surface area contributed by atoms with E-state index < -0.39 is 5.54 Å². The number of aryl methyl sites for hydroxylation is 1. The average Bonchev–Trinajstić information content (AvgIpc) is 2.32. The van der Waals surface area contributed by atoms with E-state index in [2.05, 4.69) is 11.4 Å². The van der Waals surface area contributed by atoms with Crippen LogP contribution in [-0.2, 0) is 0 Å². The van der Waals surface area contributed by atoms with Crippen molar-refractivity contribution in [2.45, 2.75) is 58.7 Å². The predicted molar refractivity (Wildman–Crippen MR) is 78.1 cm³/mol. The van der Waals surface area contributed by atoms with Crippen LogP contribution in [0, 0.1) is 24.1 Å². The molecule has 2 unspecified atom stereocenters. The number of ether oxygens (including phenoxy) is 1. The van der Waals surface area contributed by atoms with Crippen molar-refractivity contribution >= 4 is 0 Å². The Morgan fingerprint density at radius 3 is 2.55 bits per heavy atom. The third-order valence-corrected chi connectivity index (χ3v) is 3.03. The second kappa shape index (κ2) is 6.71. The maximum atomic E-state index is 13.5. The highest BCUT2D eigenvalue weighted by molar-refractivity contribution is 5.28. The number of benzene rings is 1. The molecule has 0 bridgehead atoms. The van der Waals surface area contributed by atoms with Gasteiger partial charge in [0.2, 0.25) is 0 Å². The zero-order valence-corrected chi connectivity index (χ0v) is 12.8. The van der Waals surface area contributed by atoms with Gasteiger partial charge in [-0.1, -0.05) is 6.07 Å². The highest BCUT2D eigenvalue weighted by Crippen LogP contribution is 2.21. The van der Waals surface area contributed by atoms with Crippen LogP contribution in [0.3, 0.4) is 0 Å². The second-order valence-electron chi connectivity index (χ2n) is 5.79. The van der Waals surface area contributed by atoms with E-state index in [9.17, 15) is 9.65 Å². The van der Waals surface area contributed by atoms with Gasteiger partial charge in [-0.25, -0.2) is 4.39 Å². The van der Waals surface area contributed by atoms with E-state index in [0.29, 0.717) is 17.7 Å². The van der Waals surface area contributed by atoms with Gasteiger partial charge in [0.15, 0.2) is 0 Å². The normalized spacial score (nSPS) is 15.5. The summed E-state index contributed by atoms with van der Waals surface area (Å²) in [6, 6.07) is 7.31. The number of nitrogens with zero attached hydrogens (tertiary/aromatic N) is 1. The summed E-state index contributed by atoms with van der Waals surface area (Å²) in [5.74, 6) is 0.212. The van der Waals surface area contributed by atoms with E-state index in [0.717, 1.165) is 0 Å². The van der Waals surface area contributed by atoms with Crippen molar-refractivity contribution in [2.75, 3.05) is 0 Å². The van der Waals surface area contributed by atoms with Gasteiger partial charge >= 0.3 is 0 Å². The zero-order chi connectivity index (χ0) is 15.3. The molecular weight excluding hydrogens is 255 g/mol. The molecule has 3 nitrogen and oxygen atoms in total. The molecule has 0 saturated carbocycles. The summed E-state index contributed by atoms with van der Waals surface area (Å²) >= 11 is 0. The number of hydrogen-bond acceptors (Lipinski definition) is 3. The van der Waals surface area contributed by atoms with Crippen molar-refractivity contribution in [1.29, 1.82) is 5.26 Å². The van der Waals surface area contributed by atoms with Gasteiger partial charge in [0, 0.05) is 18.5 Å². The summed E-state index contributed by atoms with van der Waals surface area (Å²) in [4.78, 5) is 0. The molecule has 110 valence electrons. The molecular formula is C16H23FN2O. The molecule has 0 aliphatic rings. The number of halogens is 1. The first kappa shape index (κ1) is 16.5. The van der Waals surface area contributed by atoms with Crippen molar-refractivity contribution in [3.05, 3.63) is 29.6 Å². The van der Waals surface area contributed by atoms with Crippen LogP contribution in [0.2, 0.25) is 0 Å². The Morgan fingerprint density at radius 1 is 1.40 bits per heavy atom. The second-order valence-corrected chi connectivity index (χ2v) is 5.79. The largest absolute Gasteiger partial charge is 0.491 e. The fraction of sp³-hybridized carbons (Fsp3) is 0.562. The summed E-state index contributed by atoms with van der Waals surface area (Å²) < 4.78 is 19.2. The molecule has 0 amide bonds. The number of rotatable bonds is 6. The van der Waals surface area contributed by atoms with Crippen LogP contribution in [0.1, 0.15) is 39.7 Å². The van der Waals surface area contributed by atoms with Gasteiger partial charge in [0.05, 0.1) is 12.2 Å². The number of hydrogen-bond donors (Lipinski definition) is 1. The lowest BCUT2D eigenvalue weighted by Crippen LogP contribution is -2.47. The van der Waals surface area contributed by atoms with Gasteiger partial charge in [0.25, 0.3) is 0 Å². The Kier molecular flexibility index (Phi) is 5.52. The van der Waals surface area contributed by atoms with E-state index >= 15 is 0 Å². The number of nitrogens with one attached hydrogen (secondary N) is 1. The van der Waals surface area contributed by atoms with Gasteiger partial charge in [-0.3, -0.25) is 5.32 Å². The Balaban J connectivity index is 2.69. The molecule has 0 spiro atoms. The maximum absolute atomic E-state index is 13.5. The van der Waals surface area contributed by atoms with Gasteiger partial charge < -0.3 is 4.74 Å². The summed E-state index contributed by atoms with van der Waals surface area (Å²) in [5.41, 5.74) is -0.0649. The van der Waals surface area contributed by atoms with Crippen LogP contribution >= 0.6 is 0 Å². The molecule has 0 aromatic heterocycles. The van der Waals surface area contributed by atoms with E-state index in [1.165, 1.54) is 6.07 Å². The Hall–Kier alpha value is -1.60. The molecule has 1 aromatic rings. The van der Waals surface area contributed by atoms with Gasteiger partial charge in [0.1, 0.15) is 17.1 Å². The molecule has 1 N–H and O–H groups in total. The van der Waals surface area contributed by atoms with Crippen molar-refractivity contribution in [2.24, 2.45) is 0 Å². The molecule has 0 aliphatic carbocycles. The van der Waals surface area contributed by atoms with Gasteiger partial charge in [-0.2, -0.15) is 5.26 Å². The minimum Gasteiger partial charge on any atom is -0.491 e. The maximum Gasteiger partial charge on any atom is 0.129 e. The van der Waals surface area contributed by atoms with Crippen LogP contribution in [0.25, 0.3) is 0 Å². The quantitative estimate of drug-likeness (QED) is 0.865. The minimum atomic E-state index is -0.656. The van der Waals surface area contributed by atoms with Crippen molar-refractivity contribution in [3.8, 4) is 11.8 Å². The highest BCUT2D eigenvalue weighted by atomic mass is 19.1. The molecule has 0 heterocycles. The summed E-state index contributed by atoms with van der Waals surface area (Å²) in [5, 5.41) is 12.5. The zero-order valence-electron chi connectivity index (χ0n) is 12.8. The fourth-order valence-electron chi connectivity index (χ4n) is 2.27. The molecule has 4 heteroatoms. The first-order valence-corrected chi connectivity index (χ1v) is 6.87. The summed E-state index contributed by atoms with van der Waals surface area (Å²) in [6.07, 6.45) is 0.338. The van der Waals surface area contributed by atoms with Crippen LogP contribution < -0.4 is 10.1 Å². The SMILES string of the molecule is Cc1ccc(OC(C)CC(C)(C#N)NC(C)C)cc1F. The molecule has 0 fully saturated rings. The van der Waals surface area contributed by atoms with Crippen molar-refractivity contribution in [1.82, 2.24) is 5.32 Å². The molecule has 0 radical (unpaired) electrons. The Labute approximate surface area is 120 Å². The van der Waals surface area contributed by atoms with Gasteiger partial charge in [-0.05, 0) is 46.2 Å². The molecule has 1 aromatic carbocycles. The molecule has 0 aliphatic heterocycles. The fourth-order valence-corrected chi connectivity index (χ4v) is 2.27. The smallest absolute Gasteiger partial charge is 0.129 e. The van der Waals surface area contributed by atoms with Crippen LogP contribution in [0.4, 0.5) is 4.39 Å². The minimum absolute atomic E-state index is 0.187. The molecule has 2 atom stereocenters. The third kappa shape index (κ3) is 4.82. The molecule has 1 rings (SSSR count). The average molecular weight is 278 g/mol.